The third-order valence-corrected chi connectivity index (χ3v) is 5.11. The van der Waals surface area contributed by atoms with Crippen molar-refractivity contribution in [3.63, 3.8) is 0 Å². The Morgan fingerprint density at radius 1 is 1.11 bits per heavy atom. The number of hydrogen-bond donors (Lipinski definition) is 1. The van der Waals surface area contributed by atoms with Crippen molar-refractivity contribution in [2.75, 3.05) is 30.4 Å². The molecule has 0 atom stereocenters. The lowest BCUT2D eigenvalue weighted by atomic mass is 10.0. The molecule has 1 N–H and O–H groups in total. The second-order valence-corrected chi connectivity index (χ2v) is 7.11. The van der Waals surface area contributed by atoms with Gasteiger partial charge in [-0.15, -0.1) is 0 Å². The molecular weight excluding hydrogens is 350 g/mol. The molecule has 0 bridgehead atoms. The maximum atomic E-state index is 12.6. The SMILES string of the molecule is CN(C)c1ccc(-c2nc(N3CCc4ccccc4C3)[nH]c(=O)c2C#N)cc1. The summed E-state index contributed by atoms with van der Waals surface area (Å²) in [4.78, 5) is 24.1. The number of nitriles is 1. The fourth-order valence-electron chi connectivity index (χ4n) is 3.52. The van der Waals surface area contributed by atoms with Gasteiger partial charge in [-0.1, -0.05) is 36.4 Å². The van der Waals surface area contributed by atoms with Crippen molar-refractivity contribution < 1.29 is 0 Å². The largest absolute Gasteiger partial charge is 0.378 e. The van der Waals surface area contributed by atoms with Gasteiger partial charge in [-0.25, -0.2) is 4.98 Å². The summed E-state index contributed by atoms with van der Waals surface area (Å²) in [5, 5.41) is 9.50. The van der Waals surface area contributed by atoms with E-state index in [1.54, 1.807) is 0 Å². The Bertz CT molecular complexity index is 1110. The molecule has 0 radical (unpaired) electrons. The Hall–Kier alpha value is -3.59. The zero-order valence-corrected chi connectivity index (χ0v) is 15.9. The molecule has 0 spiro atoms. The van der Waals surface area contributed by atoms with Gasteiger partial charge in [-0.3, -0.25) is 9.78 Å². The van der Waals surface area contributed by atoms with E-state index < -0.39 is 5.56 Å². The van der Waals surface area contributed by atoms with Crippen LogP contribution in [0.2, 0.25) is 0 Å². The second-order valence-electron chi connectivity index (χ2n) is 7.11. The van der Waals surface area contributed by atoms with E-state index in [4.69, 9.17) is 0 Å². The highest BCUT2D eigenvalue weighted by Crippen LogP contribution is 2.26. The first-order valence-corrected chi connectivity index (χ1v) is 9.20. The molecule has 0 aliphatic carbocycles. The fourth-order valence-corrected chi connectivity index (χ4v) is 3.52. The molecule has 0 saturated carbocycles. The van der Waals surface area contributed by atoms with Crippen LogP contribution in [0.5, 0.6) is 0 Å². The third-order valence-electron chi connectivity index (χ3n) is 5.11. The van der Waals surface area contributed by atoms with Crippen LogP contribution < -0.4 is 15.4 Å². The van der Waals surface area contributed by atoms with E-state index in [-0.39, 0.29) is 5.56 Å². The summed E-state index contributed by atoms with van der Waals surface area (Å²) in [6, 6.07) is 18.0. The lowest BCUT2D eigenvalue weighted by Crippen LogP contribution is -2.33. The molecule has 0 fully saturated rings. The van der Waals surface area contributed by atoms with Crippen LogP contribution in [0.1, 0.15) is 16.7 Å². The van der Waals surface area contributed by atoms with Gasteiger partial charge in [-0.05, 0) is 29.7 Å². The highest BCUT2D eigenvalue weighted by Gasteiger charge is 2.21. The minimum atomic E-state index is -0.405. The van der Waals surface area contributed by atoms with E-state index in [9.17, 15) is 10.1 Å². The second kappa shape index (κ2) is 7.20. The molecule has 2 heterocycles. The quantitative estimate of drug-likeness (QED) is 0.766. The summed E-state index contributed by atoms with van der Waals surface area (Å²) >= 11 is 0. The first-order chi connectivity index (χ1) is 13.6. The number of aromatic amines is 1. The lowest BCUT2D eigenvalue weighted by Gasteiger charge is -2.29. The van der Waals surface area contributed by atoms with E-state index in [2.05, 4.69) is 27.0 Å². The van der Waals surface area contributed by atoms with Crippen LogP contribution in [-0.4, -0.2) is 30.6 Å². The van der Waals surface area contributed by atoms with E-state index in [0.717, 1.165) is 24.2 Å². The summed E-state index contributed by atoms with van der Waals surface area (Å²) < 4.78 is 0. The number of anilines is 2. The maximum absolute atomic E-state index is 12.6. The van der Waals surface area contributed by atoms with Crippen molar-refractivity contribution in [3.05, 3.63) is 75.6 Å². The van der Waals surface area contributed by atoms with Gasteiger partial charge in [0.25, 0.3) is 5.56 Å². The van der Waals surface area contributed by atoms with E-state index in [0.29, 0.717) is 18.2 Å². The summed E-state index contributed by atoms with van der Waals surface area (Å²) in [6.07, 6.45) is 0.896. The minimum absolute atomic E-state index is 0.0405. The van der Waals surface area contributed by atoms with Crippen molar-refractivity contribution in [2.45, 2.75) is 13.0 Å². The average molecular weight is 371 g/mol. The first kappa shape index (κ1) is 17.8. The molecule has 2 aromatic carbocycles. The van der Waals surface area contributed by atoms with E-state index >= 15 is 0 Å². The standard InChI is InChI=1S/C22H21N5O/c1-26(2)18-9-7-16(8-10-18)20-19(13-23)21(28)25-22(24-20)27-12-11-15-5-3-4-6-17(15)14-27/h3-10H,11-12,14H2,1-2H3,(H,24,25,28). The van der Waals surface area contributed by atoms with Gasteiger partial charge in [0.15, 0.2) is 0 Å². The van der Waals surface area contributed by atoms with Gasteiger partial charge in [0.05, 0.1) is 5.69 Å². The van der Waals surface area contributed by atoms with Crippen molar-refractivity contribution in [2.24, 2.45) is 0 Å². The molecule has 6 heteroatoms. The van der Waals surface area contributed by atoms with Crippen molar-refractivity contribution in [1.82, 2.24) is 9.97 Å². The fraction of sp³-hybridized carbons (Fsp3) is 0.227. The number of rotatable bonds is 3. The molecule has 6 nitrogen and oxygen atoms in total. The number of hydrogen-bond acceptors (Lipinski definition) is 5. The molecule has 3 aromatic rings. The molecule has 1 aromatic heterocycles. The van der Waals surface area contributed by atoms with Crippen LogP contribution >= 0.6 is 0 Å². The van der Waals surface area contributed by atoms with Crippen LogP contribution in [0.15, 0.2) is 53.3 Å². The van der Waals surface area contributed by atoms with Crippen LogP contribution in [0.4, 0.5) is 11.6 Å². The first-order valence-electron chi connectivity index (χ1n) is 9.20. The van der Waals surface area contributed by atoms with Crippen molar-refractivity contribution in [3.8, 4) is 17.3 Å². The zero-order valence-electron chi connectivity index (χ0n) is 15.9. The predicted octanol–water partition coefficient (Wildman–Crippen LogP) is 2.94. The summed E-state index contributed by atoms with van der Waals surface area (Å²) in [7, 11) is 3.93. The van der Waals surface area contributed by atoms with Crippen molar-refractivity contribution >= 4 is 11.6 Å². The molecular formula is C22H21N5O. The maximum Gasteiger partial charge on any atom is 0.270 e. The average Bonchev–Trinajstić information content (AvgIpc) is 2.73. The normalized spacial score (nSPS) is 13.0. The monoisotopic (exact) mass is 371 g/mol. The Kier molecular flexibility index (Phi) is 4.58. The molecule has 1 aliphatic heterocycles. The van der Waals surface area contributed by atoms with Crippen LogP contribution in [-0.2, 0) is 13.0 Å². The zero-order chi connectivity index (χ0) is 19.7. The molecule has 140 valence electrons. The molecule has 4 rings (SSSR count). The van der Waals surface area contributed by atoms with Crippen LogP contribution in [0.3, 0.4) is 0 Å². The number of H-pyrrole nitrogens is 1. The third kappa shape index (κ3) is 3.23. The highest BCUT2D eigenvalue weighted by molar-refractivity contribution is 5.69. The van der Waals surface area contributed by atoms with Gasteiger partial charge in [0.2, 0.25) is 5.95 Å². The molecule has 0 amide bonds. The topological polar surface area (TPSA) is 76.0 Å². The smallest absolute Gasteiger partial charge is 0.270 e. The Morgan fingerprint density at radius 3 is 2.50 bits per heavy atom. The number of nitrogens with zero attached hydrogens (tertiary/aromatic N) is 4. The number of nitrogens with one attached hydrogen (secondary N) is 1. The Morgan fingerprint density at radius 2 is 1.82 bits per heavy atom. The minimum Gasteiger partial charge on any atom is -0.378 e. The van der Waals surface area contributed by atoms with Crippen LogP contribution in [0, 0.1) is 11.3 Å². The van der Waals surface area contributed by atoms with Gasteiger partial charge in [-0.2, -0.15) is 5.26 Å². The van der Waals surface area contributed by atoms with Crippen LogP contribution in [0.25, 0.3) is 11.3 Å². The highest BCUT2D eigenvalue weighted by atomic mass is 16.1. The molecule has 1 aliphatic rings. The van der Waals surface area contributed by atoms with E-state index in [1.807, 2.05) is 61.5 Å². The Labute approximate surface area is 163 Å². The van der Waals surface area contributed by atoms with Gasteiger partial charge < -0.3 is 9.80 Å². The number of benzene rings is 2. The lowest BCUT2D eigenvalue weighted by molar-refractivity contribution is 0.706. The summed E-state index contributed by atoms with van der Waals surface area (Å²) in [5.74, 6) is 0.505. The molecule has 0 saturated heterocycles. The number of fused-ring (bicyclic) bond motifs is 1. The van der Waals surface area contributed by atoms with Crippen molar-refractivity contribution in [1.29, 1.82) is 5.26 Å². The van der Waals surface area contributed by atoms with Gasteiger partial charge >= 0.3 is 0 Å². The summed E-state index contributed by atoms with van der Waals surface area (Å²) in [5.41, 5.74) is 4.42. The molecule has 28 heavy (non-hydrogen) atoms. The van der Waals surface area contributed by atoms with Gasteiger partial charge in [0.1, 0.15) is 11.6 Å². The predicted molar refractivity (Wildman–Crippen MR) is 111 cm³/mol. The van der Waals surface area contributed by atoms with Gasteiger partial charge in [0, 0.05) is 38.4 Å². The molecule has 0 unspecified atom stereocenters. The summed E-state index contributed by atoms with van der Waals surface area (Å²) in [6.45, 7) is 1.45. The Balaban J connectivity index is 1.75. The van der Waals surface area contributed by atoms with E-state index in [1.165, 1.54) is 11.1 Å². The number of aromatic nitrogens is 2.